The Hall–Kier alpha value is -3.03. The fourth-order valence-corrected chi connectivity index (χ4v) is 5.15. The number of hydrogen-bond donors (Lipinski definition) is 1. The van der Waals surface area contributed by atoms with E-state index in [0.717, 1.165) is 34.0 Å². The van der Waals surface area contributed by atoms with Gasteiger partial charge in [-0.05, 0) is 74.2 Å². The summed E-state index contributed by atoms with van der Waals surface area (Å²) in [7, 11) is -2.36. The van der Waals surface area contributed by atoms with Crippen molar-refractivity contribution >= 4 is 33.2 Å². The van der Waals surface area contributed by atoms with E-state index in [1.165, 1.54) is 0 Å². The first kappa shape index (κ1) is 25.6. The molecule has 0 spiro atoms. The van der Waals surface area contributed by atoms with Crippen LogP contribution < -0.4 is 14.4 Å². The van der Waals surface area contributed by atoms with Crippen molar-refractivity contribution in [2.75, 3.05) is 24.5 Å². The zero-order chi connectivity index (χ0) is 24.7. The zero-order valence-electron chi connectivity index (χ0n) is 19.5. The highest BCUT2D eigenvalue weighted by Crippen LogP contribution is 2.30. The van der Waals surface area contributed by atoms with Gasteiger partial charge in [-0.25, -0.2) is 8.42 Å². The van der Waals surface area contributed by atoms with Gasteiger partial charge >= 0.3 is 0 Å². The van der Waals surface area contributed by atoms with Crippen LogP contribution in [0.3, 0.4) is 0 Å². The highest BCUT2D eigenvalue weighted by atomic mass is 35.5. The summed E-state index contributed by atoms with van der Waals surface area (Å²) in [6.07, 6.45) is 1.50. The molecule has 0 atom stereocenters. The van der Waals surface area contributed by atoms with Crippen molar-refractivity contribution in [2.24, 2.45) is 0 Å². The number of amides is 1. The molecule has 0 bridgehead atoms. The minimum absolute atomic E-state index is 0.116. The monoisotopic (exact) mass is 500 g/mol. The van der Waals surface area contributed by atoms with Crippen molar-refractivity contribution in [3.05, 3.63) is 88.4 Å². The zero-order valence-corrected chi connectivity index (χ0v) is 21.1. The Bertz CT molecular complexity index is 1230. The number of anilines is 1. The van der Waals surface area contributed by atoms with E-state index < -0.39 is 10.0 Å². The van der Waals surface area contributed by atoms with E-state index in [1.807, 2.05) is 31.2 Å². The topological polar surface area (TPSA) is 75.7 Å². The minimum atomic E-state index is -3.98. The Morgan fingerprint density at radius 2 is 1.68 bits per heavy atom. The summed E-state index contributed by atoms with van der Waals surface area (Å²) >= 11 is 6.26. The van der Waals surface area contributed by atoms with Crippen LogP contribution in [0.15, 0.2) is 71.6 Å². The maximum Gasteiger partial charge on any atom is 0.264 e. The molecule has 3 aromatic rings. The van der Waals surface area contributed by atoms with Gasteiger partial charge in [-0.3, -0.25) is 9.10 Å². The van der Waals surface area contributed by atoms with Gasteiger partial charge in [0.05, 0.1) is 17.7 Å². The summed E-state index contributed by atoms with van der Waals surface area (Å²) in [6, 6.07) is 19.3. The van der Waals surface area contributed by atoms with Crippen LogP contribution in [0.5, 0.6) is 5.75 Å². The van der Waals surface area contributed by atoms with Gasteiger partial charge in [-0.15, -0.1) is 0 Å². The SMILES string of the molecule is COc1ccc(CCCNC(=O)CN(c2cccc(Cl)c2C)S(=O)(=O)c2ccc(C)cc2)cc1. The predicted molar refractivity (Wildman–Crippen MR) is 136 cm³/mol. The second kappa shape index (κ2) is 11.4. The van der Waals surface area contributed by atoms with Crippen LogP contribution >= 0.6 is 11.6 Å². The van der Waals surface area contributed by atoms with Crippen LogP contribution in [-0.2, 0) is 21.2 Å². The number of sulfonamides is 1. The molecule has 8 heteroatoms. The molecule has 6 nitrogen and oxygen atoms in total. The van der Waals surface area contributed by atoms with Gasteiger partial charge in [0, 0.05) is 11.6 Å². The number of methoxy groups -OCH3 is 1. The number of carbonyl (C=O) groups is 1. The summed E-state index contributed by atoms with van der Waals surface area (Å²) in [5, 5.41) is 3.27. The van der Waals surface area contributed by atoms with Crippen LogP contribution in [-0.4, -0.2) is 34.5 Å². The normalized spacial score (nSPS) is 11.2. The highest BCUT2D eigenvalue weighted by molar-refractivity contribution is 7.92. The predicted octanol–water partition coefficient (Wildman–Crippen LogP) is 4.91. The molecule has 0 fully saturated rings. The number of rotatable bonds is 10. The van der Waals surface area contributed by atoms with Crippen LogP contribution in [0.4, 0.5) is 5.69 Å². The van der Waals surface area contributed by atoms with Crippen molar-refractivity contribution in [3.8, 4) is 5.75 Å². The van der Waals surface area contributed by atoms with Gasteiger partial charge in [-0.1, -0.05) is 47.5 Å². The molecule has 1 amide bonds. The minimum Gasteiger partial charge on any atom is -0.497 e. The van der Waals surface area contributed by atoms with Crippen molar-refractivity contribution in [3.63, 3.8) is 0 Å². The summed E-state index contributed by atoms with van der Waals surface area (Å²) in [6.45, 7) is 3.70. The van der Waals surface area contributed by atoms with Crippen molar-refractivity contribution < 1.29 is 17.9 Å². The lowest BCUT2D eigenvalue weighted by Gasteiger charge is -2.26. The van der Waals surface area contributed by atoms with Crippen LogP contribution in [0.25, 0.3) is 0 Å². The molecular weight excluding hydrogens is 472 g/mol. The van der Waals surface area contributed by atoms with E-state index in [0.29, 0.717) is 22.8 Å². The van der Waals surface area contributed by atoms with Crippen molar-refractivity contribution in [1.82, 2.24) is 5.32 Å². The number of hydrogen-bond acceptors (Lipinski definition) is 4. The first-order chi connectivity index (χ1) is 16.2. The van der Waals surface area contributed by atoms with Gasteiger partial charge in [-0.2, -0.15) is 0 Å². The van der Waals surface area contributed by atoms with E-state index >= 15 is 0 Å². The Balaban J connectivity index is 1.72. The molecule has 0 radical (unpaired) electrons. The smallest absolute Gasteiger partial charge is 0.264 e. The largest absolute Gasteiger partial charge is 0.497 e. The maximum atomic E-state index is 13.5. The second-order valence-corrected chi connectivity index (χ2v) is 10.3. The van der Waals surface area contributed by atoms with Crippen molar-refractivity contribution in [2.45, 2.75) is 31.6 Å². The molecule has 0 unspecified atom stereocenters. The molecule has 180 valence electrons. The molecule has 0 saturated heterocycles. The van der Waals surface area contributed by atoms with Crippen LogP contribution in [0.1, 0.15) is 23.1 Å². The first-order valence-electron chi connectivity index (χ1n) is 11.0. The van der Waals surface area contributed by atoms with Crippen LogP contribution in [0.2, 0.25) is 5.02 Å². The molecule has 0 heterocycles. The third-order valence-electron chi connectivity index (χ3n) is 5.53. The lowest BCUT2D eigenvalue weighted by molar-refractivity contribution is -0.119. The molecule has 3 rings (SSSR count). The Morgan fingerprint density at radius 1 is 1.00 bits per heavy atom. The van der Waals surface area contributed by atoms with E-state index in [2.05, 4.69) is 5.32 Å². The van der Waals surface area contributed by atoms with Gasteiger partial charge in [0.15, 0.2) is 0 Å². The molecule has 0 aliphatic carbocycles. The summed E-state index contributed by atoms with van der Waals surface area (Å²) in [5.74, 6) is 0.410. The summed E-state index contributed by atoms with van der Waals surface area (Å²) in [4.78, 5) is 12.9. The number of halogens is 1. The summed E-state index contributed by atoms with van der Waals surface area (Å²) < 4.78 is 33.3. The average molecular weight is 501 g/mol. The fraction of sp³-hybridized carbons (Fsp3) is 0.269. The average Bonchev–Trinajstić information content (AvgIpc) is 2.83. The fourth-order valence-electron chi connectivity index (χ4n) is 3.50. The third kappa shape index (κ3) is 6.30. The molecular formula is C26H29ClN2O4S. The molecule has 3 aromatic carbocycles. The Kier molecular flexibility index (Phi) is 8.58. The second-order valence-electron chi connectivity index (χ2n) is 8.01. The number of nitrogens with one attached hydrogen (secondary N) is 1. The number of aryl methyl sites for hydroxylation is 2. The molecule has 1 N–H and O–H groups in total. The lowest BCUT2D eigenvalue weighted by Crippen LogP contribution is -2.41. The third-order valence-corrected chi connectivity index (χ3v) is 7.71. The van der Waals surface area contributed by atoms with E-state index in [-0.39, 0.29) is 17.3 Å². The molecule has 0 aliphatic heterocycles. The van der Waals surface area contributed by atoms with Crippen LogP contribution in [0, 0.1) is 13.8 Å². The standard InChI is InChI=1S/C26H29ClN2O4S/c1-19-9-15-23(16-10-19)34(31,32)29(25-8-4-7-24(27)20(25)2)18-26(30)28-17-5-6-21-11-13-22(33-3)14-12-21/h4,7-16H,5-6,17-18H2,1-3H3,(H,28,30). The quantitative estimate of drug-likeness (QED) is 0.401. The van der Waals surface area contributed by atoms with Gasteiger partial charge < -0.3 is 10.1 Å². The van der Waals surface area contributed by atoms with Gasteiger partial charge in [0.1, 0.15) is 12.3 Å². The molecule has 34 heavy (non-hydrogen) atoms. The number of benzene rings is 3. The van der Waals surface area contributed by atoms with E-state index in [4.69, 9.17) is 16.3 Å². The van der Waals surface area contributed by atoms with E-state index in [9.17, 15) is 13.2 Å². The lowest BCUT2D eigenvalue weighted by atomic mass is 10.1. The number of nitrogens with zero attached hydrogens (tertiary/aromatic N) is 1. The highest BCUT2D eigenvalue weighted by Gasteiger charge is 2.28. The van der Waals surface area contributed by atoms with Gasteiger partial charge in [0.2, 0.25) is 5.91 Å². The molecule has 0 aliphatic rings. The first-order valence-corrected chi connectivity index (χ1v) is 12.8. The van der Waals surface area contributed by atoms with Gasteiger partial charge in [0.25, 0.3) is 10.0 Å². The van der Waals surface area contributed by atoms with E-state index in [1.54, 1.807) is 56.5 Å². The summed E-state index contributed by atoms with van der Waals surface area (Å²) in [5.41, 5.74) is 3.04. The van der Waals surface area contributed by atoms with Crippen molar-refractivity contribution in [1.29, 1.82) is 0 Å². The maximum absolute atomic E-state index is 13.5. The molecule has 0 aromatic heterocycles. The molecule has 0 saturated carbocycles. The Labute approximate surface area is 206 Å². The number of ether oxygens (including phenoxy) is 1. The Morgan fingerprint density at radius 3 is 2.32 bits per heavy atom. The number of carbonyl (C=O) groups excluding carboxylic acids is 1.